The Kier molecular flexibility index (Phi) is 6.68. The van der Waals surface area contributed by atoms with Gasteiger partial charge in [0.25, 0.3) is 5.91 Å². The Morgan fingerprint density at radius 2 is 1.68 bits per heavy atom. The van der Waals surface area contributed by atoms with Crippen molar-refractivity contribution in [1.29, 1.82) is 0 Å². The van der Waals surface area contributed by atoms with Crippen molar-refractivity contribution < 1.29 is 18.4 Å². The largest absolute Gasteiger partial charge is 0.353 e. The zero-order chi connectivity index (χ0) is 20.0. The van der Waals surface area contributed by atoms with Gasteiger partial charge in [-0.3, -0.25) is 9.59 Å². The SMILES string of the molecule is O=C(NC1(CNC(=O)C2(CF)CCC2)CCCCC1)C(F)Cc1ccccc1. The predicted molar refractivity (Wildman–Crippen MR) is 104 cm³/mol. The summed E-state index contributed by atoms with van der Waals surface area (Å²) in [5.74, 6) is -0.912. The molecule has 2 N–H and O–H groups in total. The standard InChI is InChI=1S/C22H30F2N2O2/c23-15-21(10-7-11-21)20(28)25-16-22(12-5-2-6-13-22)26-19(27)18(24)14-17-8-3-1-4-9-17/h1,3-4,8-9,18H,2,5-7,10-16H2,(H,25,28)(H,26,27). The third kappa shape index (κ3) is 4.70. The molecule has 0 bridgehead atoms. The molecular formula is C22H30F2N2O2. The summed E-state index contributed by atoms with van der Waals surface area (Å²) in [6, 6.07) is 9.08. The molecule has 0 aliphatic heterocycles. The van der Waals surface area contributed by atoms with Gasteiger partial charge >= 0.3 is 0 Å². The van der Waals surface area contributed by atoms with E-state index in [1.165, 1.54) is 0 Å². The third-order valence-electron chi connectivity index (χ3n) is 6.38. The minimum atomic E-state index is -1.64. The van der Waals surface area contributed by atoms with Gasteiger partial charge in [-0.1, -0.05) is 56.0 Å². The highest BCUT2D eigenvalue weighted by Gasteiger charge is 2.45. The van der Waals surface area contributed by atoms with Crippen LogP contribution < -0.4 is 10.6 Å². The Morgan fingerprint density at radius 3 is 2.25 bits per heavy atom. The van der Waals surface area contributed by atoms with Gasteiger partial charge in [0, 0.05) is 13.0 Å². The molecule has 2 aliphatic carbocycles. The minimum Gasteiger partial charge on any atom is -0.353 e. The molecule has 1 unspecified atom stereocenters. The molecule has 1 aromatic carbocycles. The molecule has 1 atom stereocenters. The highest BCUT2D eigenvalue weighted by atomic mass is 19.1. The molecule has 1 aromatic rings. The lowest BCUT2D eigenvalue weighted by Gasteiger charge is -2.42. The van der Waals surface area contributed by atoms with Crippen molar-refractivity contribution in [3.63, 3.8) is 0 Å². The summed E-state index contributed by atoms with van der Waals surface area (Å²) in [4.78, 5) is 25.0. The quantitative estimate of drug-likeness (QED) is 0.710. The van der Waals surface area contributed by atoms with Crippen LogP contribution in [0.4, 0.5) is 8.78 Å². The van der Waals surface area contributed by atoms with Crippen molar-refractivity contribution in [2.45, 2.75) is 69.5 Å². The Balaban J connectivity index is 1.60. The van der Waals surface area contributed by atoms with Gasteiger partial charge in [0.05, 0.1) is 11.0 Å². The number of nitrogens with one attached hydrogen (secondary N) is 2. The second-order valence-corrected chi connectivity index (χ2v) is 8.44. The number of benzene rings is 1. The van der Waals surface area contributed by atoms with Crippen LogP contribution in [0.15, 0.2) is 30.3 Å². The maximum absolute atomic E-state index is 14.6. The first-order valence-electron chi connectivity index (χ1n) is 10.3. The van der Waals surface area contributed by atoms with Crippen LogP contribution in [0.1, 0.15) is 56.9 Å². The van der Waals surface area contributed by atoms with E-state index in [1.807, 2.05) is 18.2 Å². The Morgan fingerprint density at radius 1 is 1.00 bits per heavy atom. The summed E-state index contributed by atoms with van der Waals surface area (Å²) in [6.45, 7) is -0.417. The van der Waals surface area contributed by atoms with Crippen molar-refractivity contribution in [3.8, 4) is 0 Å². The minimum absolute atomic E-state index is 0.0279. The molecule has 6 heteroatoms. The molecule has 0 saturated heterocycles. The lowest BCUT2D eigenvalue weighted by Crippen LogP contribution is -2.60. The first-order valence-corrected chi connectivity index (χ1v) is 10.3. The number of alkyl halides is 2. The summed E-state index contributed by atoms with van der Waals surface area (Å²) < 4.78 is 27.9. The highest BCUT2D eigenvalue weighted by Crippen LogP contribution is 2.41. The first kappa shape index (κ1) is 20.7. The van der Waals surface area contributed by atoms with E-state index in [0.717, 1.165) is 31.2 Å². The summed E-state index contributed by atoms with van der Waals surface area (Å²) in [7, 11) is 0. The lowest BCUT2D eigenvalue weighted by atomic mass is 9.69. The van der Waals surface area contributed by atoms with E-state index in [-0.39, 0.29) is 18.9 Å². The van der Waals surface area contributed by atoms with Crippen LogP contribution in [-0.4, -0.2) is 36.7 Å². The molecule has 2 fully saturated rings. The van der Waals surface area contributed by atoms with Crippen LogP contribution in [0.3, 0.4) is 0 Å². The molecule has 28 heavy (non-hydrogen) atoms. The van der Waals surface area contributed by atoms with Crippen molar-refractivity contribution in [2.75, 3.05) is 13.2 Å². The van der Waals surface area contributed by atoms with E-state index in [9.17, 15) is 18.4 Å². The number of hydrogen-bond donors (Lipinski definition) is 2. The van der Waals surface area contributed by atoms with E-state index >= 15 is 0 Å². The van der Waals surface area contributed by atoms with Crippen molar-refractivity contribution >= 4 is 11.8 Å². The van der Waals surface area contributed by atoms with Crippen molar-refractivity contribution in [3.05, 3.63) is 35.9 Å². The van der Waals surface area contributed by atoms with Crippen LogP contribution in [0.2, 0.25) is 0 Å². The monoisotopic (exact) mass is 392 g/mol. The van der Waals surface area contributed by atoms with Crippen LogP contribution in [0.5, 0.6) is 0 Å². The summed E-state index contributed by atoms with van der Waals surface area (Å²) in [6.07, 6.45) is 4.67. The van der Waals surface area contributed by atoms with E-state index in [4.69, 9.17) is 0 Å². The number of carbonyl (C=O) groups excluding carboxylic acids is 2. The molecule has 0 heterocycles. The Hall–Kier alpha value is -1.98. The van der Waals surface area contributed by atoms with Crippen molar-refractivity contribution in [2.24, 2.45) is 5.41 Å². The van der Waals surface area contributed by atoms with E-state index < -0.39 is 29.7 Å². The van der Waals surface area contributed by atoms with Crippen LogP contribution in [0, 0.1) is 5.41 Å². The van der Waals surface area contributed by atoms with Gasteiger partial charge < -0.3 is 10.6 Å². The van der Waals surface area contributed by atoms with E-state index in [2.05, 4.69) is 10.6 Å². The highest BCUT2D eigenvalue weighted by molar-refractivity contribution is 5.84. The maximum Gasteiger partial charge on any atom is 0.255 e. The van der Waals surface area contributed by atoms with Gasteiger partial charge in [0.15, 0.2) is 6.17 Å². The number of carbonyl (C=O) groups is 2. The Labute approximate surface area is 165 Å². The predicted octanol–water partition coefficient (Wildman–Crippen LogP) is 3.64. The van der Waals surface area contributed by atoms with E-state index in [1.54, 1.807) is 12.1 Å². The topological polar surface area (TPSA) is 58.2 Å². The number of rotatable bonds is 8. The summed E-state index contributed by atoms with van der Waals surface area (Å²) in [5.41, 5.74) is -0.769. The molecule has 154 valence electrons. The van der Waals surface area contributed by atoms with Gasteiger partial charge in [0.2, 0.25) is 5.91 Å². The zero-order valence-electron chi connectivity index (χ0n) is 16.3. The maximum atomic E-state index is 14.6. The molecule has 2 saturated carbocycles. The summed E-state index contributed by atoms with van der Waals surface area (Å²) >= 11 is 0. The fraction of sp³-hybridized carbons (Fsp3) is 0.636. The van der Waals surface area contributed by atoms with Crippen LogP contribution >= 0.6 is 0 Å². The first-order chi connectivity index (χ1) is 13.5. The van der Waals surface area contributed by atoms with Gasteiger partial charge in [-0.25, -0.2) is 8.78 Å². The van der Waals surface area contributed by atoms with Gasteiger partial charge in [-0.05, 0) is 31.2 Å². The molecule has 4 nitrogen and oxygen atoms in total. The third-order valence-corrected chi connectivity index (χ3v) is 6.38. The second-order valence-electron chi connectivity index (χ2n) is 8.44. The summed E-state index contributed by atoms with van der Waals surface area (Å²) in [5, 5.41) is 5.76. The van der Waals surface area contributed by atoms with Crippen LogP contribution in [0.25, 0.3) is 0 Å². The van der Waals surface area contributed by atoms with E-state index in [0.29, 0.717) is 25.7 Å². The fourth-order valence-electron chi connectivity index (χ4n) is 4.29. The Bertz CT molecular complexity index is 665. The fourth-order valence-corrected chi connectivity index (χ4v) is 4.29. The van der Waals surface area contributed by atoms with Crippen LogP contribution in [-0.2, 0) is 16.0 Å². The average molecular weight is 392 g/mol. The number of hydrogen-bond acceptors (Lipinski definition) is 2. The smallest absolute Gasteiger partial charge is 0.255 e. The van der Waals surface area contributed by atoms with Gasteiger partial charge in [-0.2, -0.15) is 0 Å². The normalized spacial score (nSPS) is 21.2. The van der Waals surface area contributed by atoms with Gasteiger partial charge in [0.1, 0.15) is 6.67 Å². The molecule has 3 rings (SSSR count). The molecule has 0 aromatic heterocycles. The second kappa shape index (κ2) is 9.01. The number of halogens is 2. The average Bonchev–Trinajstić information content (AvgIpc) is 2.67. The lowest BCUT2D eigenvalue weighted by molar-refractivity contribution is -0.138. The molecule has 2 aliphatic rings. The molecule has 0 spiro atoms. The van der Waals surface area contributed by atoms with Gasteiger partial charge in [-0.15, -0.1) is 0 Å². The van der Waals surface area contributed by atoms with Crippen molar-refractivity contribution in [1.82, 2.24) is 10.6 Å². The molecule has 0 radical (unpaired) electrons. The zero-order valence-corrected chi connectivity index (χ0v) is 16.3. The number of amides is 2. The molecular weight excluding hydrogens is 362 g/mol. The molecule has 2 amide bonds.